The number of carbonyl (C=O) groups excluding carboxylic acids is 1. The monoisotopic (exact) mass is 319 g/mol. The van der Waals surface area contributed by atoms with E-state index in [2.05, 4.69) is 5.32 Å². The minimum atomic E-state index is -0.260. The molecule has 1 aromatic heterocycles. The maximum Gasteiger partial charge on any atom is 0.256 e. The molecule has 1 heterocycles. The number of nitrogens with one attached hydrogen (secondary N) is 1. The van der Waals surface area contributed by atoms with Gasteiger partial charge in [-0.15, -0.1) is 0 Å². The van der Waals surface area contributed by atoms with Gasteiger partial charge in [-0.1, -0.05) is 30.3 Å². The Morgan fingerprint density at radius 1 is 0.958 bits per heavy atom. The van der Waals surface area contributed by atoms with Crippen LogP contribution in [0.2, 0.25) is 0 Å². The van der Waals surface area contributed by atoms with Crippen LogP contribution in [0.15, 0.2) is 79.1 Å². The van der Waals surface area contributed by atoms with E-state index < -0.39 is 0 Å². The Hall–Kier alpha value is -3.34. The summed E-state index contributed by atoms with van der Waals surface area (Å²) in [5.74, 6) is -0.260. The summed E-state index contributed by atoms with van der Waals surface area (Å²) in [5, 5.41) is 14.0. The van der Waals surface area contributed by atoms with Gasteiger partial charge in [0.05, 0.1) is 16.9 Å². The molecule has 3 rings (SSSR count). The SMILES string of the molecule is CN(c1ccccc1)c1ccccc1NC(=O)c1cc[n+]([O-])cc1. The Labute approximate surface area is 140 Å². The Bertz CT molecular complexity index is 833. The van der Waals surface area contributed by atoms with Crippen molar-refractivity contribution in [2.45, 2.75) is 0 Å². The summed E-state index contributed by atoms with van der Waals surface area (Å²) in [6.45, 7) is 0. The fourth-order valence-corrected chi connectivity index (χ4v) is 2.42. The van der Waals surface area contributed by atoms with Crippen molar-refractivity contribution >= 4 is 23.0 Å². The molecule has 0 fully saturated rings. The number of carbonyl (C=O) groups is 1. The molecule has 0 unspecified atom stereocenters. The lowest BCUT2D eigenvalue weighted by Gasteiger charge is -2.22. The molecule has 5 nitrogen and oxygen atoms in total. The molecule has 120 valence electrons. The van der Waals surface area contributed by atoms with E-state index in [4.69, 9.17) is 0 Å². The standard InChI is InChI=1S/C19H17N3O2/c1-21(16-7-3-2-4-8-16)18-10-6-5-9-17(18)20-19(23)15-11-13-22(24)14-12-15/h2-14H,1H3,(H,20,23). The number of para-hydroxylation sites is 3. The number of pyridine rings is 1. The zero-order chi connectivity index (χ0) is 16.9. The van der Waals surface area contributed by atoms with Crippen molar-refractivity contribution in [2.75, 3.05) is 17.3 Å². The molecule has 0 radical (unpaired) electrons. The molecule has 0 spiro atoms. The van der Waals surface area contributed by atoms with E-state index in [9.17, 15) is 10.0 Å². The van der Waals surface area contributed by atoms with E-state index >= 15 is 0 Å². The average Bonchev–Trinajstić information content (AvgIpc) is 2.63. The van der Waals surface area contributed by atoms with Gasteiger partial charge >= 0.3 is 0 Å². The Balaban J connectivity index is 1.87. The molecule has 0 bridgehead atoms. The number of rotatable bonds is 4. The third-order valence-electron chi connectivity index (χ3n) is 3.72. The number of benzene rings is 2. The normalized spacial score (nSPS) is 10.2. The molecule has 0 aliphatic carbocycles. The Morgan fingerprint density at radius 3 is 2.29 bits per heavy atom. The highest BCUT2D eigenvalue weighted by Gasteiger charge is 2.13. The molecule has 0 aliphatic rings. The predicted molar refractivity (Wildman–Crippen MR) is 94.3 cm³/mol. The highest BCUT2D eigenvalue weighted by atomic mass is 16.5. The molecule has 24 heavy (non-hydrogen) atoms. The van der Waals surface area contributed by atoms with Gasteiger partial charge in [0, 0.05) is 24.9 Å². The molecule has 0 atom stereocenters. The van der Waals surface area contributed by atoms with Crippen molar-refractivity contribution in [3.8, 4) is 0 Å². The average molecular weight is 319 g/mol. The van der Waals surface area contributed by atoms with Crippen molar-refractivity contribution in [3.05, 3.63) is 89.9 Å². The van der Waals surface area contributed by atoms with Gasteiger partial charge in [-0.3, -0.25) is 4.79 Å². The summed E-state index contributed by atoms with van der Waals surface area (Å²) in [4.78, 5) is 14.4. The van der Waals surface area contributed by atoms with Crippen molar-refractivity contribution < 1.29 is 9.52 Å². The summed E-state index contributed by atoms with van der Waals surface area (Å²) in [6, 6.07) is 20.5. The first-order chi connectivity index (χ1) is 11.6. The third-order valence-corrected chi connectivity index (χ3v) is 3.72. The second-order valence-electron chi connectivity index (χ2n) is 5.31. The van der Waals surface area contributed by atoms with Crippen LogP contribution in [0.4, 0.5) is 17.1 Å². The van der Waals surface area contributed by atoms with E-state index in [-0.39, 0.29) is 5.91 Å². The zero-order valence-electron chi connectivity index (χ0n) is 13.2. The van der Waals surface area contributed by atoms with E-state index in [0.29, 0.717) is 16.0 Å². The van der Waals surface area contributed by atoms with Gasteiger partial charge in [0.1, 0.15) is 0 Å². The van der Waals surface area contributed by atoms with Crippen LogP contribution >= 0.6 is 0 Å². The summed E-state index contributed by atoms with van der Waals surface area (Å²) < 4.78 is 0.647. The van der Waals surface area contributed by atoms with Crippen LogP contribution in [0.5, 0.6) is 0 Å². The van der Waals surface area contributed by atoms with Gasteiger partial charge in [-0.2, -0.15) is 4.73 Å². The molecule has 2 aromatic carbocycles. The van der Waals surface area contributed by atoms with Crippen molar-refractivity contribution in [1.29, 1.82) is 0 Å². The van der Waals surface area contributed by atoms with Crippen LogP contribution in [-0.4, -0.2) is 13.0 Å². The second kappa shape index (κ2) is 6.83. The number of hydrogen-bond acceptors (Lipinski definition) is 3. The third kappa shape index (κ3) is 3.35. The first-order valence-electron chi connectivity index (χ1n) is 7.53. The van der Waals surface area contributed by atoms with Crippen molar-refractivity contribution in [3.63, 3.8) is 0 Å². The molecule has 3 aromatic rings. The number of anilines is 3. The van der Waals surface area contributed by atoms with E-state index in [0.717, 1.165) is 11.4 Å². The molecule has 1 N–H and O–H groups in total. The van der Waals surface area contributed by atoms with Gasteiger partial charge in [-0.25, -0.2) is 0 Å². The van der Waals surface area contributed by atoms with Crippen LogP contribution in [0.25, 0.3) is 0 Å². The van der Waals surface area contributed by atoms with Crippen LogP contribution < -0.4 is 14.9 Å². The maximum atomic E-state index is 12.4. The molecule has 0 saturated heterocycles. The van der Waals surface area contributed by atoms with Crippen molar-refractivity contribution in [2.24, 2.45) is 0 Å². The minimum Gasteiger partial charge on any atom is -0.619 e. The molecule has 5 heteroatoms. The first kappa shape index (κ1) is 15.6. The fraction of sp³-hybridized carbons (Fsp3) is 0.0526. The highest BCUT2D eigenvalue weighted by Crippen LogP contribution is 2.30. The molecule has 0 aliphatic heterocycles. The maximum absolute atomic E-state index is 12.4. The van der Waals surface area contributed by atoms with Crippen LogP contribution in [0.3, 0.4) is 0 Å². The number of hydrogen-bond donors (Lipinski definition) is 1. The van der Waals surface area contributed by atoms with Gasteiger partial charge in [0.25, 0.3) is 5.91 Å². The smallest absolute Gasteiger partial charge is 0.256 e. The number of amides is 1. The Morgan fingerprint density at radius 2 is 1.58 bits per heavy atom. The second-order valence-corrected chi connectivity index (χ2v) is 5.31. The lowest BCUT2D eigenvalue weighted by atomic mass is 10.2. The van der Waals surface area contributed by atoms with Gasteiger partial charge < -0.3 is 15.4 Å². The van der Waals surface area contributed by atoms with E-state index in [1.165, 1.54) is 24.5 Å². The van der Waals surface area contributed by atoms with E-state index in [1.807, 2.05) is 66.5 Å². The largest absolute Gasteiger partial charge is 0.619 e. The number of aromatic nitrogens is 1. The summed E-state index contributed by atoms with van der Waals surface area (Å²) in [6.07, 6.45) is 2.60. The molecule has 1 amide bonds. The molecule has 0 saturated carbocycles. The zero-order valence-corrected chi connectivity index (χ0v) is 13.2. The van der Waals surface area contributed by atoms with Gasteiger partial charge in [0.2, 0.25) is 0 Å². The number of nitrogens with zero attached hydrogens (tertiary/aromatic N) is 2. The quantitative estimate of drug-likeness (QED) is 0.593. The van der Waals surface area contributed by atoms with E-state index in [1.54, 1.807) is 0 Å². The topological polar surface area (TPSA) is 59.3 Å². The fourth-order valence-electron chi connectivity index (χ4n) is 2.42. The summed E-state index contributed by atoms with van der Waals surface area (Å²) in [7, 11) is 1.95. The summed E-state index contributed by atoms with van der Waals surface area (Å²) in [5.41, 5.74) is 3.03. The van der Waals surface area contributed by atoms with Crippen LogP contribution in [0, 0.1) is 5.21 Å². The van der Waals surface area contributed by atoms with Gasteiger partial charge in [-0.05, 0) is 24.3 Å². The molecular weight excluding hydrogens is 302 g/mol. The lowest BCUT2D eigenvalue weighted by molar-refractivity contribution is -0.605. The van der Waals surface area contributed by atoms with Gasteiger partial charge in [0.15, 0.2) is 12.4 Å². The van der Waals surface area contributed by atoms with Crippen LogP contribution in [0.1, 0.15) is 10.4 Å². The Kier molecular flexibility index (Phi) is 4.43. The predicted octanol–water partition coefficient (Wildman–Crippen LogP) is 3.34. The molecular formula is C19H17N3O2. The van der Waals surface area contributed by atoms with Crippen LogP contribution in [-0.2, 0) is 0 Å². The van der Waals surface area contributed by atoms with Crippen molar-refractivity contribution in [1.82, 2.24) is 0 Å². The first-order valence-corrected chi connectivity index (χ1v) is 7.53. The lowest BCUT2D eigenvalue weighted by Crippen LogP contribution is -2.25. The minimum absolute atomic E-state index is 0.260. The summed E-state index contributed by atoms with van der Waals surface area (Å²) >= 11 is 0. The highest BCUT2D eigenvalue weighted by molar-refractivity contribution is 6.06.